The van der Waals surface area contributed by atoms with Gasteiger partial charge in [0.1, 0.15) is 0 Å². The van der Waals surface area contributed by atoms with Crippen molar-refractivity contribution in [2.24, 2.45) is 0 Å². The molecule has 1 aromatic carbocycles. The zero-order valence-electron chi connectivity index (χ0n) is 10.7. The predicted molar refractivity (Wildman–Crippen MR) is 66.7 cm³/mol. The van der Waals surface area contributed by atoms with Gasteiger partial charge in [-0.2, -0.15) is 0 Å². The van der Waals surface area contributed by atoms with Crippen LogP contribution in [0, 0.1) is 13.8 Å². The lowest BCUT2D eigenvalue weighted by Gasteiger charge is -2.17. The number of aryl methyl sites for hydroxylation is 2. The number of ether oxygens (including phenoxy) is 1. The van der Waals surface area contributed by atoms with Crippen molar-refractivity contribution in [2.75, 3.05) is 7.11 Å². The van der Waals surface area contributed by atoms with Gasteiger partial charge in [0, 0.05) is 7.11 Å². The molecule has 16 heavy (non-hydrogen) atoms. The summed E-state index contributed by atoms with van der Waals surface area (Å²) in [6.45, 7) is 6.16. The van der Waals surface area contributed by atoms with Gasteiger partial charge >= 0.3 is 0 Å². The van der Waals surface area contributed by atoms with Crippen LogP contribution in [0.25, 0.3) is 0 Å². The molecule has 0 saturated heterocycles. The third-order valence-corrected chi connectivity index (χ3v) is 3.09. The van der Waals surface area contributed by atoms with Crippen LogP contribution in [0.4, 0.5) is 0 Å². The van der Waals surface area contributed by atoms with Crippen molar-refractivity contribution in [2.45, 2.75) is 45.8 Å². The Balaban J connectivity index is 2.66. The summed E-state index contributed by atoms with van der Waals surface area (Å²) >= 11 is 0. The van der Waals surface area contributed by atoms with E-state index in [1.807, 2.05) is 6.92 Å². The quantitative estimate of drug-likeness (QED) is 0.830. The van der Waals surface area contributed by atoms with E-state index < -0.39 is 0 Å². The molecule has 0 radical (unpaired) electrons. The summed E-state index contributed by atoms with van der Waals surface area (Å²) < 4.78 is 5.16. The van der Waals surface area contributed by atoms with E-state index >= 15 is 0 Å². The molecule has 1 N–H and O–H groups in total. The van der Waals surface area contributed by atoms with Gasteiger partial charge in [0.2, 0.25) is 0 Å². The fourth-order valence-electron chi connectivity index (χ4n) is 1.97. The van der Waals surface area contributed by atoms with Crippen molar-refractivity contribution in [3.63, 3.8) is 0 Å². The minimum atomic E-state index is -0.324. The first-order valence-corrected chi connectivity index (χ1v) is 5.80. The van der Waals surface area contributed by atoms with E-state index in [0.717, 1.165) is 0 Å². The summed E-state index contributed by atoms with van der Waals surface area (Å²) in [6, 6.07) is 6.24. The van der Waals surface area contributed by atoms with Crippen LogP contribution in [-0.4, -0.2) is 24.4 Å². The monoisotopic (exact) mass is 222 g/mol. The molecule has 0 aliphatic carbocycles. The standard InChI is InChI=1S/C14H22O2/c1-10-6-5-7-11(2)14(10)9-13(15)8-12(3)16-4/h5-7,12-13,15H,8-9H2,1-4H3. The SMILES string of the molecule is COC(C)CC(O)Cc1c(C)cccc1C. The topological polar surface area (TPSA) is 29.5 Å². The van der Waals surface area contributed by atoms with Crippen LogP contribution in [0.1, 0.15) is 30.0 Å². The smallest absolute Gasteiger partial charge is 0.0605 e. The lowest BCUT2D eigenvalue weighted by atomic mass is 9.95. The van der Waals surface area contributed by atoms with Crippen molar-refractivity contribution in [3.8, 4) is 0 Å². The highest BCUT2D eigenvalue weighted by Crippen LogP contribution is 2.17. The number of methoxy groups -OCH3 is 1. The highest BCUT2D eigenvalue weighted by atomic mass is 16.5. The Bertz CT molecular complexity index is 313. The maximum atomic E-state index is 9.97. The van der Waals surface area contributed by atoms with Gasteiger partial charge in [-0.05, 0) is 50.3 Å². The van der Waals surface area contributed by atoms with Gasteiger partial charge < -0.3 is 9.84 Å². The van der Waals surface area contributed by atoms with Crippen LogP contribution >= 0.6 is 0 Å². The lowest BCUT2D eigenvalue weighted by Crippen LogP contribution is -2.19. The summed E-state index contributed by atoms with van der Waals surface area (Å²) in [7, 11) is 1.68. The zero-order chi connectivity index (χ0) is 12.1. The molecule has 0 aromatic heterocycles. The maximum absolute atomic E-state index is 9.97. The Morgan fingerprint density at radius 1 is 1.25 bits per heavy atom. The number of benzene rings is 1. The predicted octanol–water partition coefficient (Wildman–Crippen LogP) is 2.63. The molecule has 0 fully saturated rings. The van der Waals surface area contributed by atoms with E-state index in [1.165, 1.54) is 16.7 Å². The van der Waals surface area contributed by atoms with Crippen molar-refractivity contribution in [1.29, 1.82) is 0 Å². The fourth-order valence-corrected chi connectivity index (χ4v) is 1.97. The van der Waals surface area contributed by atoms with E-state index in [4.69, 9.17) is 4.74 Å². The van der Waals surface area contributed by atoms with E-state index in [-0.39, 0.29) is 12.2 Å². The average molecular weight is 222 g/mol. The van der Waals surface area contributed by atoms with E-state index in [1.54, 1.807) is 7.11 Å². The summed E-state index contributed by atoms with van der Waals surface area (Å²) in [5.41, 5.74) is 3.77. The highest BCUT2D eigenvalue weighted by molar-refractivity contribution is 5.33. The molecular weight excluding hydrogens is 200 g/mol. The first kappa shape index (κ1) is 13.2. The average Bonchev–Trinajstić information content (AvgIpc) is 2.23. The third kappa shape index (κ3) is 3.62. The van der Waals surface area contributed by atoms with Crippen LogP contribution in [0.15, 0.2) is 18.2 Å². The molecule has 1 rings (SSSR count). The number of aliphatic hydroxyl groups is 1. The van der Waals surface area contributed by atoms with Gasteiger partial charge in [0.15, 0.2) is 0 Å². The van der Waals surface area contributed by atoms with E-state index in [0.29, 0.717) is 12.8 Å². The molecule has 1 aromatic rings. The highest BCUT2D eigenvalue weighted by Gasteiger charge is 2.12. The molecule has 2 heteroatoms. The van der Waals surface area contributed by atoms with Crippen molar-refractivity contribution < 1.29 is 9.84 Å². The van der Waals surface area contributed by atoms with Gasteiger partial charge in [-0.3, -0.25) is 0 Å². The van der Waals surface area contributed by atoms with Crippen molar-refractivity contribution >= 4 is 0 Å². The second-order valence-electron chi connectivity index (χ2n) is 4.51. The molecule has 2 nitrogen and oxygen atoms in total. The molecule has 0 aliphatic heterocycles. The fraction of sp³-hybridized carbons (Fsp3) is 0.571. The van der Waals surface area contributed by atoms with Crippen molar-refractivity contribution in [3.05, 3.63) is 34.9 Å². The molecule has 2 atom stereocenters. The summed E-state index contributed by atoms with van der Waals surface area (Å²) in [6.07, 6.45) is 1.19. The Labute approximate surface area is 98.3 Å². The second kappa shape index (κ2) is 6.02. The molecule has 0 bridgehead atoms. The molecular formula is C14H22O2. The Hall–Kier alpha value is -0.860. The Morgan fingerprint density at radius 2 is 1.81 bits per heavy atom. The van der Waals surface area contributed by atoms with E-state index in [2.05, 4.69) is 32.0 Å². The van der Waals surface area contributed by atoms with Gasteiger partial charge in [-0.15, -0.1) is 0 Å². The van der Waals surface area contributed by atoms with Crippen LogP contribution < -0.4 is 0 Å². The number of hydrogen-bond donors (Lipinski definition) is 1. The molecule has 0 saturated carbocycles. The second-order valence-corrected chi connectivity index (χ2v) is 4.51. The first-order valence-electron chi connectivity index (χ1n) is 5.80. The summed E-state index contributed by atoms with van der Waals surface area (Å²) in [5.74, 6) is 0. The minimum absolute atomic E-state index is 0.110. The lowest BCUT2D eigenvalue weighted by molar-refractivity contribution is 0.0564. The van der Waals surface area contributed by atoms with Crippen molar-refractivity contribution in [1.82, 2.24) is 0 Å². The number of aliphatic hydroxyl groups excluding tert-OH is 1. The van der Waals surface area contributed by atoms with Gasteiger partial charge in [-0.25, -0.2) is 0 Å². The molecule has 0 spiro atoms. The maximum Gasteiger partial charge on any atom is 0.0605 e. The molecule has 0 amide bonds. The number of rotatable bonds is 5. The Morgan fingerprint density at radius 3 is 2.31 bits per heavy atom. The first-order chi connectivity index (χ1) is 7.54. The number of hydrogen-bond acceptors (Lipinski definition) is 2. The minimum Gasteiger partial charge on any atom is -0.393 e. The van der Waals surface area contributed by atoms with E-state index in [9.17, 15) is 5.11 Å². The zero-order valence-corrected chi connectivity index (χ0v) is 10.7. The normalized spacial score (nSPS) is 14.8. The molecule has 0 aliphatic rings. The van der Waals surface area contributed by atoms with Crippen LogP contribution in [0.3, 0.4) is 0 Å². The third-order valence-electron chi connectivity index (χ3n) is 3.09. The summed E-state index contributed by atoms with van der Waals surface area (Å²) in [4.78, 5) is 0. The molecule has 0 heterocycles. The van der Waals surface area contributed by atoms with Gasteiger partial charge in [0.25, 0.3) is 0 Å². The van der Waals surface area contributed by atoms with Crippen LogP contribution in [-0.2, 0) is 11.2 Å². The molecule has 2 unspecified atom stereocenters. The largest absolute Gasteiger partial charge is 0.393 e. The van der Waals surface area contributed by atoms with Crippen LogP contribution in [0.5, 0.6) is 0 Å². The Kier molecular flexibility index (Phi) is 4.97. The van der Waals surface area contributed by atoms with Crippen LogP contribution in [0.2, 0.25) is 0 Å². The van der Waals surface area contributed by atoms with Gasteiger partial charge in [-0.1, -0.05) is 18.2 Å². The summed E-state index contributed by atoms with van der Waals surface area (Å²) in [5, 5.41) is 9.97. The molecule has 90 valence electrons. The van der Waals surface area contributed by atoms with Gasteiger partial charge in [0.05, 0.1) is 12.2 Å².